The Labute approximate surface area is 173 Å². The number of aromatic nitrogens is 5. The number of rotatable bonds is 3. The quantitative estimate of drug-likeness (QED) is 0.555. The number of piperidine rings is 1. The minimum Gasteiger partial charge on any atom is -0.483 e. The Balaban J connectivity index is 0.000000806. The molecule has 0 aliphatic carbocycles. The van der Waals surface area contributed by atoms with Crippen LogP contribution in [0.15, 0.2) is 36.7 Å². The summed E-state index contributed by atoms with van der Waals surface area (Å²) in [6.07, 6.45) is 5.10. The molecule has 1 saturated heterocycles. The Morgan fingerprint density at radius 3 is 2.63 bits per heavy atom. The first-order valence-electron chi connectivity index (χ1n) is 9.45. The zero-order chi connectivity index (χ0) is 21.5. The molecule has 0 radical (unpaired) electrons. The van der Waals surface area contributed by atoms with Gasteiger partial charge in [-0.25, -0.2) is 9.97 Å². The number of hydrogen-bond acceptors (Lipinski definition) is 7. The number of nitrogens with zero attached hydrogens (tertiary/aromatic N) is 5. The maximum atomic E-state index is 12.9. The molecule has 1 aromatic carbocycles. The smallest absolute Gasteiger partial charge is 0.290 e. The van der Waals surface area contributed by atoms with Crippen LogP contribution in [0.1, 0.15) is 40.8 Å². The van der Waals surface area contributed by atoms with Gasteiger partial charge in [0.2, 0.25) is 0 Å². The van der Waals surface area contributed by atoms with Crippen LogP contribution in [0.2, 0.25) is 0 Å². The van der Waals surface area contributed by atoms with Gasteiger partial charge in [-0.15, -0.1) is 0 Å². The van der Waals surface area contributed by atoms with Gasteiger partial charge in [0.1, 0.15) is 11.6 Å². The maximum Gasteiger partial charge on any atom is 0.290 e. The van der Waals surface area contributed by atoms with Crippen molar-refractivity contribution in [3.05, 3.63) is 53.9 Å². The molecule has 4 rings (SSSR count). The average molecular weight is 409 g/mol. The van der Waals surface area contributed by atoms with Crippen molar-refractivity contribution in [1.82, 2.24) is 30.0 Å². The molecule has 156 valence electrons. The molecule has 1 aliphatic heterocycles. The van der Waals surface area contributed by atoms with Crippen LogP contribution >= 0.6 is 0 Å². The number of likely N-dealkylation sites (tertiary alicyclic amines) is 1. The number of nitrogen functional groups attached to an aromatic ring is 1. The van der Waals surface area contributed by atoms with Gasteiger partial charge in [-0.1, -0.05) is 12.1 Å². The summed E-state index contributed by atoms with van der Waals surface area (Å²) < 4.78 is 0. The molecule has 1 fully saturated rings. The summed E-state index contributed by atoms with van der Waals surface area (Å²) in [5.74, 6) is 2.16. The van der Waals surface area contributed by atoms with E-state index in [-0.39, 0.29) is 18.3 Å². The van der Waals surface area contributed by atoms with Crippen molar-refractivity contribution in [1.29, 1.82) is 0 Å². The molecule has 10 heteroatoms. The first-order chi connectivity index (χ1) is 14.5. The Hall–Kier alpha value is -3.82. The molecular weight excluding hydrogens is 386 g/mol. The number of nitrogens with one attached hydrogen (secondary N) is 1. The van der Waals surface area contributed by atoms with Gasteiger partial charge in [-0.05, 0) is 31.9 Å². The van der Waals surface area contributed by atoms with E-state index in [2.05, 4.69) is 25.1 Å². The minimum atomic E-state index is -0.250. The molecule has 1 amide bonds. The number of amides is 1. The molecule has 4 N–H and O–H groups in total. The molecule has 3 heterocycles. The summed E-state index contributed by atoms with van der Waals surface area (Å²) in [4.78, 5) is 35.9. The van der Waals surface area contributed by atoms with Crippen molar-refractivity contribution in [2.45, 2.75) is 25.7 Å². The molecule has 3 aromatic rings. The summed E-state index contributed by atoms with van der Waals surface area (Å²) in [7, 11) is 0. The van der Waals surface area contributed by atoms with Gasteiger partial charge in [0.15, 0.2) is 5.82 Å². The molecule has 1 unspecified atom stereocenters. The highest BCUT2D eigenvalue weighted by Crippen LogP contribution is 2.26. The molecule has 1 atom stereocenters. The van der Waals surface area contributed by atoms with Gasteiger partial charge in [0.25, 0.3) is 12.4 Å². The molecule has 1 aliphatic rings. The Kier molecular flexibility index (Phi) is 6.68. The third kappa shape index (κ3) is 4.96. The first kappa shape index (κ1) is 20.9. The van der Waals surface area contributed by atoms with Crippen molar-refractivity contribution >= 4 is 18.2 Å². The second kappa shape index (κ2) is 9.59. The van der Waals surface area contributed by atoms with Crippen LogP contribution in [0.5, 0.6) is 0 Å². The minimum absolute atomic E-state index is 0.0252. The van der Waals surface area contributed by atoms with Crippen molar-refractivity contribution in [3.63, 3.8) is 0 Å². The fourth-order valence-corrected chi connectivity index (χ4v) is 3.40. The number of anilines is 1. The number of benzene rings is 1. The summed E-state index contributed by atoms with van der Waals surface area (Å²) in [6, 6.07) is 7.39. The van der Waals surface area contributed by atoms with Gasteiger partial charge in [0.05, 0.1) is 18.1 Å². The Morgan fingerprint density at radius 2 is 2.00 bits per heavy atom. The topological polar surface area (TPSA) is 151 Å². The first-order valence-corrected chi connectivity index (χ1v) is 9.45. The van der Waals surface area contributed by atoms with Crippen LogP contribution in [-0.4, -0.2) is 60.6 Å². The van der Waals surface area contributed by atoms with Crippen molar-refractivity contribution in [3.8, 4) is 11.3 Å². The highest BCUT2D eigenvalue weighted by Gasteiger charge is 2.27. The number of carboxylic acid groups (broad SMARTS) is 1. The summed E-state index contributed by atoms with van der Waals surface area (Å²) in [5, 5.41) is 14.0. The van der Waals surface area contributed by atoms with Gasteiger partial charge in [-0.3, -0.25) is 19.7 Å². The van der Waals surface area contributed by atoms with Gasteiger partial charge in [-0.2, -0.15) is 5.10 Å². The lowest BCUT2D eigenvalue weighted by Gasteiger charge is -2.31. The number of aromatic amines is 1. The van der Waals surface area contributed by atoms with E-state index in [0.29, 0.717) is 23.6 Å². The highest BCUT2D eigenvalue weighted by atomic mass is 16.3. The van der Waals surface area contributed by atoms with E-state index in [0.717, 1.165) is 36.6 Å². The van der Waals surface area contributed by atoms with Crippen molar-refractivity contribution < 1.29 is 14.7 Å². The van der Waals surface area contributed by atoms with Crippen LogP contribution in [-0.2, 0) is 4.79 Å². The molecule has 10 nitrogen and oxygen atoms in total. The van der Waals surface area contributed by atoms with Crippen molar-refractivity contribution in [2.24, 2.45) is 0 Å². The Morgan fingerprint density at radius 1 is 1.27 bits per heavy atom. The molecule has 0 spiro atoms. The van der Waals surface area contributed by atoms with Crippen LogP contribution < -0.4 is 5.73 Å². The van der Waals surface area contributed by atoms with Crippen molar-refractivity contribution in [2.75, 3.05) is 18.8 Å². The standard InChI is InChI=1S/C19H21N7O.CH2O2/c1-12-22-18(25-24-12)15-3-2-8-26(11-15)19(27)14-6-4-13(5-7-14)16-9-21-10-17(20)23-16;2-1-3/h4-7,9-10,15H,2-3,8,11H2,1H3,(H2,20,23)(H,22,24,25);1H,(H,2,3). The van der Waals surface area contributed by atoms with Crippen LogP contribution in [0.4, 0.5) is 5.82 Å². The lowest BCUT2D eigenvalue weighted by molar-refractivity contribution is -0.122. The molecule has 30 heavy (non-hydrogen) atoms. The summed E-state index contributed by atoms with van der Waals surface area (Å²) in [5.41, 5.74) is 7.90. The molecule has 2 aromatic heterocycles. The number of carbonyl (C=O) groups is 2. The number of aryl methyl sites for hydroxylation is 1. The molecule has 0 saturated carbocycles. The van der Waals surface area contributed by atoms with E-state index in [4.69, 9.17) is 15.6 Å². The number of hydrogen-bond donors (Lipinski definition) is 3. The van der Waals surface area contributed by atoms with Gasteiger partial charge in [0, 0.05) is 30.1 Å². The Bertz CT molecular complexity index is 1000. The van der Waals surface area contributed by atoms with Gasteiger partial charge >= 0.3 is 0 Å². The third-order valence-corrected chi connectivity index (χ3v) is 4.77. The highest BCUT2D eigenvalue weighted by molar-refractivity contribution is 5.94. The van der Waals surface area contributed by atoms with Gasteiger partial charge < -0.3 is 15.7 Å². The van der Waals surface area contributed by atoms with E-state index in [1.54, 1.807) is 6.20 Å². The van der Waals surface area contributed by atoms with E-state index >= 15 is 0 Å². The van der Waals surface area contributed by atoms with E-state index < -0.39 is 0 Å². The van der Waals surface area contributed by atoms with E-state index in [1.807, 2.05) is 36.1 Å². The molecular formula is C20H23N7O3. The fraction of sp³-hybridized carbons (Fsp3) is 0.300. The van der Waals surface area contributed by atoms with Crippen LogP contribution in [0.25, 0.3) is 11.3 Å². The van der Waals surface area contributed by atoms with Crippen LogP contribution in [0, 0.1) is 6.92 Å². The van der Waals surface area contributed by atoms with E-state index in [1.165, 1.54) is 6.20 Å². The predicted octanol–water partition coefficient (Wildman–Crippen LogP) is 1.87. The normalized spacial score (nSPS) is 15.8. The monoisotopic (exact) mass is 409 g/mol. The molecule has 0 bridgehead atoms. The summed E-state index contributed by atoms with van der Waals surface area (Å²) in [6.45, 7) is 3.02. The number of H-pyrrole nitrogens is 1. The fourth-order valence-electron chi connectivity index (χ4n) is 3.40. The number of carbonyl (C=O) groups excluding carboxylic acids is 1. The zero-order valence-electron chi connectivity index (χ0n) is 16.5. The second-order valence-corrected chi connectivity index (χ2v) is 6.88. The zero-order valence-corrected chi connectivity index (χ0v) is 16.5. The lowest BCUT2D eigenvalue weighted by atomic mass is 9.96. The summed E-state index contributed by atoms with van der Waals surface area (Å²) >= 11 is 0. The average Bonchev–Trinajstić information content (AvgIpc) is 3.20. The third-order valence-electron chi connectivity index (χ3n) is 4.77. The van der Waals surface area contributed by atoms with Crippen LogP contribution in [0.3, 0.4) is 0 Å². The lowest BCUT2D eigenvalue weighted by Crippen LogP contribution is -2.39. The SMILES string of the molecule is Cc1nc(C2CCCN(C(=O)c3ccc(-c4cncc(N)n4)cc3)C2)n[nH]1.O=CO. The largest absolute Gasteiger partial charge is 0.483 e. The second-order valence-electron chi connectivity index (χ2n) is 6.88. The van der Waals surface area contributed by atoms with E-state index in [9.17, 15) is 4.79 Å². The number of nitrogens with two attached hydrogens (primary N) is 1. The predicted molar refractivity (Wildman–Crippen MR) is 110 cm³/mol. The maximum absolute atomic E-state index is 12.9.